The van der Waals surface area contributed by atoms with E-state index in [-0.39, 0.29) is 11.4 Å². The van der Waals surface area contributed by atoms with Gasteiger partial charge >= 0.3 is 0 Å². The molecule has 0 unspecified atom stereocenters. The summed E-state index contributed by atoms with van der Waals surface area (Å²) in [6.07, 6.45) is 1.90. The number of hydrogen-bond acceptors (Lipinski definition) is 3. The molecule has 2 aliphatic heterocycles. The smallest absolute Gasteiger partial charge is 0.240 e. The average molecular weight is 197 g/mol. The van der Waals surface area contributed by atoms with E-state index in [1.54, 1.807) is 0 Å². The van der Waals surface area contributed by atoms with Crippen LogP contribution in [0.4, 0.5) is 0 Å². The van der Waals surface area contributed by atoms with Crippen LogP contribution in [0, 0.1) is 0 Å². The van der Waals surface area contributed by atoms with Crippen LogP contribution < -0.4 is 10.6 Å². The first-order chi connectivity index (χ1) is 6.79. The van der Waals surface area contributed by atoms with Gasteiger partial charge in [-0.1, -0.05) is 6.92 Å². The van der Waals surface area contributed by atoms with Gasteiger partial charge in [-0.25, -0.2) is 0 Å². The molecule has 1 spiro atoms. The Hall–Kier alpha value is -0.610. The van der Waals surface area contributed by atoms with Crippen LogP contribution in [-0.4, -0.2) is 49.1 Å². The summed E-state index contributed by atoms with van der Waals surface area (Å²) in [6, 6.07) is 0. The molecule has 0 aromatic carbocycles. The summed E-state index contributed by atoms with van der Waals surface area (Å²) in [6.45, 7) is 6.85. The molecule has 1 amide bonds. The standard InChI is InChI=1S/C10H19N3O/c1-2-13-8-7-12-9(14)10(13)3-5-11-6-4-10/h11H,2-8H2,1H3,(H,12,14). The first-order valence-electron chi connectivity index (χ1n) is 5.54. The van der Waals surface area contributed by atoms with Crippen molar-refractivity contribution in [1.29, 1.82) is 0 Å². The number of likely N-dealkylation sites (N-methyl/N-ethyl adjacent to an activating group) is 1. The number of piperidine rings is 1. The third-order valence-corrected chi connectivity index (χ3v) is 3.51. The Bertz CT molecular complexity index is 223. The summed E-state index contributed by atoms with van der Waals surface area (Å²) >= 11 is 0. The molecular formula is C10H19N3O. The van der Waals surface area contributed by atoms with Crippen molar-refractivity contribution in [1.82, 2.24) is 15.5 Å². The van der Waals surface area contributed by atoms with Gasteiger partial charge in [0, 0.05) is 13.1 Å². The van der Waals surface area contributed by atoms with Crippen LogP contribution >= 0.6 is 0 Å². The zero-order valence-electron chi connectivity index (χ0n) is 8.81. The minimum absolute atomic E-state index is 0.196. The third-order valence-electron chi connectivity index (χ3n) is 3.51. The second-order valence-corrected chi connectivity index (χ2v) is 4.12. The van der Waals surface area contributed by atoms with E-state index in [2.05, 4.69) is 22.5 Å². The van der Waals surface area contributed by atoms with Crippen LogP contribution in [0.3, 0.4) is 0 Å². The van der Waals surface area contributed by atoms with Gasteiger partial charge in [0.05, 0.1) is 0 Å². The molecular weight excluding hydrogens is 178 g/mol. The van der Waals surface area contributed by atoms with Crippen molar-refractivity contribution in [2.75, 3.05) is 32.7 Å². The number of hydrogen-bond donors (Lipinski definition) is 2. The highest BCUT2D eigenvalue weighted by molar-refractivity contribution is 5.87. The Morgan fingerprint density at radius 1 is 1.36 bits per heavy atom. The fraction of sp³-hybridized carbons (Fsp3) is 0.900. The Labute approximate surface area is 85.0 Å². The van der Waals surface area contributed by atoms with Gasteiger partial charge in [0.25, 0.3) is 0 Å². The molecule has 0 aromatic rings. The zero-order valence-corrected chi connectivity index (χ0v) is 8.81. The Morgan fingerprint density at radius 3 is 2.71 bits per heavy atom. The van der Waals surface area contributed by atoms with Crippen molar-refractivity contribution < 1.29 is 4.79 Å². The average Bonchev–Trinajstić information content (AvgIpc) is 2.24. The van der Waals surface area contributed by atoms with Crippen molar-refractivity contribution in [2.24, 2.45) is 0 Å². The molecule has 14 heavy (non-hydrogen) atoms. The summed E-state index contributed by atoms with van der Waals surface area (Å²) < 4.78 is 0. The van der Waals surface area contributed by atoms with Gasteiger partial charge in [-0.15, -0.1) is 0 Å². The Balaban J connectivity index is 2.19. The topological polar surface area (TPSA) is 44.4 Å². The normalized spacial score (nSPS) is 27.6. The molecule has 2 rings (SSSR count). The van der Waals surface area contributed by atoms with Crippen LogP contribution in [0.25, 0.3) is 0 Å². The minimum Gasteiger partial charge on any atom is -0.353 e. The highest BCUT2D eigenvalue weighted by Gasteiger charge is 2.45. The molecule has 0 aromatic heterocycles. The number of carbonyl (C=O) groups excluding carboxylic acids is 1. The van der Waals surface area contributed by atoms with Crippen LogP contribution in [0.2, 0.25) is 0 Å². The molecule has 2 fully saturated rings. The van der Waals surface area contributed by atoms with E-state index < -0.39 is 0 Å². The van der Waals surface area contributed by atoms with E-state index in [4.69, 9.17) is 0 Å². The summed E-state index contributed by atoms with van der Waals surface area (Å²) in [4.78, 5) is 14.3. The monoisotopic (exact) mass is 197 g/mol. The molecule has 80 valence electrons. The summed E-state index contributed by atoms with van der Waals surface area (Å²) in [5.74, 6) is 0.243. The SMILES string of the molecule is CCN1CCNC(=O)C12CCNCC2. The molecule has 2 N–H and O–H groups in total. The van der Waals surface area contributed by atoms with E-state index in [1.165, 1.54) is 0 Å². The van der Waals surface area contributed by atoms with Gasteiger partial charge in [-0.05, 0) is 32.5 Å². The first-order valence-corrected chi connectivity index (χ1v) is 5.54. The van der Waals surface area contributed by atoms with Gasteiger partial charge in [0.2, 0.25) is 5.91 Å². The maximum Gasteiger partial charge on any atom is 0.240 e. The lowest BCUT2D eigenvalue weighted by Gasteiger charge is -2.47. The predicted octanol–water partition coefficient (Wildman–Crippen LogP) is -0.440. The molecule has 0 atom stereocenters. The molecule has 0 bridgehead atoms. The van der Waals surface area contributed by atoms with Gasteiger partial charge in [-0.2, -0.15) is 0 Å². The molecule has 0 saturated carbocycles. The molecule has 2 saturated heterocycles. The van der Waals surface area contributed by atoms with Crippen LogP contribution in [-0.2, 0) is 4.79 Å². The highest BCUT2D eigenvalue weighted by Crippen LogP contribution is 2.28. The summed E-state index contributed by atoms with van der Waals surface area (Å²) in [7, 11) is 0. The number of amides is 1. The van der Waals surface area contributed by atoms with E-state index in [0.717, 1.165) is 45.6 Å². The first kappa shape index (κ1) is 9.93. The Kier molecular flexibility index (Phi) is 2.74. The fourth-order valence-electron chi connectivity index (χ4n) is 2.67. The maximum absolute atomic E-state index is 12.0. The van der Waals surface area contributed by atoms with Crippen molar-refractivity contribution in [3.8, 4) is 0 Å². The lowest BCUT2D eigenvalue weighted by molar-refractivity contribution is -0.139. The van der Waals surface area contributed by atoms with Crippen LogP contribution in [0.5, 0.6) is 0 Å². The number of nitrogens with one attached hydrogen (secondary N) is 2. The van der Waals surface area contributed by atoms with E-state index in [1.807, 2.05) is 0 Å². The minimum atomic E-state index is -0.196. The molecule has 4 nitrogen and oxygen atoms in total. The largest absolute Gasteiger partial charge is 0.353 e. The van der Waals surface area contributed by atoms with Gasteiger partial charge < -0.3 is 10.6 Å². The van der Waals surface area contributed by atoms with Gasteiger partial charge in [0.1, 0.15) is 5.54 Å². The second-order valence-electron chi connectivity index (χ2n) is 4.12. The zero-order chi connectivity index (χ0) is 10.0. The van der Waals surface area contributed by atoms with Crippen molar-refractivity contribution in [2.45, 2.75) is 25.3 Å². The summed E-state index contributed by atoms with van der Waals surface area (Å²) in [5.41, 5.74) is -0.196. The Morgan fingerprint density at radius 2 is 2.07 bits per heavy atom. The maximum atomic E-state index is 12.0. The van der Waals surface area contributed by atoms with E-state index in [9.17, 15) is 4.79 Å². The molecule has 0 radical (unpaired) electrons. The lowest BCUT2D eigenvalue weighted by atomic mass is 9.84. The number of nitrogens with zero attached hydrogens (tertiary/aromatic N) is 1. The fourth-order valence-corrected chi connectivity index (χ4v) is 2.67. The second kappa shape index (κ2) is 3.87. The molecule has 0 aliphatic carbocycles. The van der Waals surface area contributed by atoms with E-state index >= 15 is 0 Å². The molecule has 2 aliphatic rings. The highest BCUT2D eigenvalue weighted by atomic mass is 16.2. The molecule has 4 heteroatoms. The number of piperazine rings is 1. The van der Waals surface area contributed by atoms with Crippen LogP contribution in [0.1, 0.15) is 19.8 Å². The predicted molar refractivity (Wildman–Crippen MR) is 55.1 cm³/mol. The van der Waals surface area contributed by atoms with Crippen molar-refractivity contribution >= 4 is 5.91 Å². The molecule has 2 heterocycles. The number of rotatable bonds is 1. The van der Waals surface area contributed by atoms with Gasteiger partial charge in [0.15, 0.2) is 0 Å². The van der Waals surface area contributed by atoms with Crippen molar-refractivity contribution in [3.05, 3.63) is 0 Å². The van der Waals surface area contributed by atoms with E-state index in [0.29, 0.717) is 0 Å². The van der Waals surface area contributed by atoms with Crippen molar-refractivity contribution in [3.63, 3.8) is 0 Å². The number of carbonyl (C=O) groups is 1. The summed E-state index contributed by atoms with van der Waals surface area (Å²) in [5, 5.41) is 6.31. The van der Waals surface area contributed by atoms with Crippen LogP contribution in [0.15, 0.2) is 0 Å². The van der Waals surface area contributed by atoms with Gasteiger partial charge in [-0.3, -0.25) is 9.69 Å². The quantitative estimate of drug-likeness (QED) is 0.599. The lowest BCUT2D eigenvalue weighted by Crippen LogP contribution is -2.67. The third kappa shape index (κ3) is 1.42.